The number of benzene rings is 1. The van der Waals surface area contributed by atoms with E-state index in [1.807, 2.05) is 24.3 Å². The van der Waals surface area contributed by atoms with Gasteiger partial charge >= 0.3 is 5.91 Å². The van der Waals surface area contributed by atoms with E-state index in [1.54, 1.807) is 0 Å². The number of carbonyl (C=O) groups is 1. The zero-order valence-corrected chi connectivity index (χ0v) is 9.26. The Morgan fingerprint density at radius 3 is 3.00 bits per heavy atom. The Bertz CT molecular complexity index is 543. The zero-order valence-electron chi connectivity index (χ0n) is 9.26. The molecular weight excluding hydrogens is 220 g/mol. The summed E-state index contributed by atoms with van der Waals surface area (Å²) in [5.41, 5.74) is 0.688. The number of amides is 1. The van der Waals surface area contributed by atoms with Crippen LogP contribution in [0.1, 0.15) is 23.4 Å². The Hall–Kier alpha value is -1.88. The molecule has 1 aromatic heterocycles. The van der Waals surface area contributed by atoms with Crippen LogP contribution >= 0.6 is 0 Å². The van der Waals surface area contributed by atoms with Crippen molar-refractivity contribution in [1.82, 2.24) is 10.2 Å². The van der Waals surface area contributed by atoms with Crippen LogP contribution in [0.3, 0.4) is 0 Å². The second-order valence-electron chi connectivity index (χ2n) is 3.98. The molecule has 2 heterocycles. The minimum atomic E-state index is -0.251. The fourth-order valence-corrected chi connectivity index (χ4v) is 1.91. The highest BCUT2D eigenvalue weighted by molar-refractivity contribution is 6.03. The van der Waals surface area contributed by atoms with E-state index < -0.39 is 0 Å². The number of hydrogen-bond acceptors (Lipinski definition) is 4. The summed E-state index contributed by atoms with van der Waals surface area (Å²) >= 11 is 0. The van der Waals surface area contributed by atoms with Crippen molar-refractivity contribution < 1.29 is 14.2 Å². The smallest absolute Gasteiger partial charge is 0.316 e. The van der Waals surface area contributed by atoms with Gasteiger partial charge < -0.3 is 4.52 Å². The molecule has 0 aliphatic carbocycles. The van der Waals surface area contributed by atoms with Crippen LogP contribution in [0.4, 0.5) is 0 Å². The van der Waals surface area contributed by atoms with E-state index in [1.165, 1.54) is 5.06 Å². The molecule has 5 nitrogen and oxygen atoms in total. The van der Waals surface area contributed by atoms with Gasteiger partial charge in [-0.25, -0.2) is 5.06 Å². The fourth-order valence-electron chi connectivity index (χ4n) is 1.91. The summed E-state index contributed by atoms with van der Waals surface area (Å²) < 4.78 is 5.11. The van der Waals surface area contributed by atoms with Gasteiger partial charge in [0.05, 0.1) is 12.0 Å². The predicted octanol–water partition coefficient (Wildman–Crippen LogP) is 2.00. The van der Waals surface area contributed by atoms with E-state index in [2.05, 4.69) is 5.16 Å². The fraction of sp³-hybridized carbons (Fsp3) is 0.333. The molecule has 1 amide bonds. The van der Waals surface area contributed by atoms with Crippen molar-refractivity contribution in [2.45, 2.75) is 12.8 Å². The lowest BCUT2D eigenvalue weighted by Gasteiger charge is -2.24. The molecular formula is C12H12N2O3. The molecule has 1 aliphatic heterocycles. The third-order valence-corrected chi connectivity index (χ3v) is 2.81. The SMILES string of the molecule is O=C(c1onc2ccccc12)N1CCCCO1. The Kier molecular flexibility index (Phi) is 2.53. The molecule has 0 spiro atoms. The average molecular weight is 232 g/mol. The van der Waals surface area contributed by atoms with Gasteiger partial charge in [-0.3, -0.25) is 9.63 Å². The summed E-state index contributed by atoms with van der Waals surface area (Å²) in [6.45, 7) is 1.19. The van der Waals surface area contributed by atoms with E-state index in [9.17, 15) is 4.79 Å². The van der Waals surface area contributed by atoms with Gasteiger partial charge in [0.15, 0.2) is 0 Å². The maximum atomic E-state index is 12.1. The minimum absolute atomic E-state index is 0.251. The summed E-state index contributed by atoms with van der Waals surface area (Å²) in [7, 11) is 0. The van der Waals surface area contributed by atoms with E-state index >= 15 is 0 Å². The quantitative estimate of drug-likeness (QED) is 0.754. The van der Waals surface area contributed by atoms with Crippen molar-refractivity contribution in [3.63, 3.8) is 0 Å². The Morgan fingerprint density at radius 2 is 2.18 bits per heavy atom. The maximum absolute atomic E-state index is 12.1. The molecule has 0 saturated carbocycles. The predicted molar refractivity (Wildman–Crippen MR) is 60.2 cm³/mol. The van der Waals surface area contributed by atoms with Gasteiger partial charge in [-0.15, -0.1) is 0 Å². The number of fused-ring (bicyclic) bond motifs is 1. The Balaban J connectivity index is 1.95. The van der Waals surface area contributed by atoms with Crippen LogP contribution in [0.5, 0.6) is 0 Å². The van der Waals surface area contributed by atoms with Gasteiger partial charge in [0.2, 0.25) is 5.76 Å². The molecule has 0 atom stereocenters. The number of rotatable bonds is 1. The number of aromatic nitrogens is 1. The van der Waals surface area contributed by atoms with E-state index in [-0.39, 0.29) is 11.7 Å². The molecule has 88 valence electrons. The molecule has 3 rings (SSSR count). The van der Waals surface area contributed by atoms with E-state index in [0.717, 1.165) is 18.2 Å². The van der Waals surface area contributed by atoms with Crippen molar-refractivity contribution in [3.05, 3.63) is 30.0 Å². The first kappa shape index (κ1) is 10.3. The van der Waals surface area contributed by atoms with E-state index in [4.69, 9.17) is 9.36 Å². The van der Waals surface area contributed by atoms with Crippen LogP contribution in [0.25, 0.3) is 10.9 Å². The van der Waals surface area contributed by atoms with Crippen LogP contribution in [-0.2, 0) is 4.84 Å². The lowest BCUT2D eigenvalue weighted by Crippen LogP contribution is -2.35. The van der Waals surface area contributed by atoms with Crippen LogP contribution < -0.4 is 0 Å². The third kappa shape index (κ3) is 1.78. The highest BCUT2D eigenvalue weighted by Gasteiger charge is 2.25. The van der Waals surface area contributed by atoms with Crippen molar-refractivity contribution >= 4 is 16.8 Å². The van der Waals surface area contributed by atoms with Crippen LogP contribution in [0, 0.1) is 0 Å². The normalized spacial score (nSPS) is 16.4. The first-order valence-corrected chi connectivity index (χ1v) is 5.65. The zero-order chi connectivity index (χ0) is 11.7. The molecule has 0 unspecified atom stereocenters. The summed E-state index contributed by atoms with van der Waals surface area (Å²) in [5.74, 6) is 0.000833. The summed E-state index contributed by atoms with van der Waals surface area (Å²) in [6, 6.07) is 7.35. The number of hydroxylamine groups is 2. The average Bonchev–Trinajstić information content (AvgIpc) is 2.83. The molecule has 1 aromatic carbocycles. The minimum Gasteiger partial charge on any atom is -0.350 e. The second kappa shape index (κ2) is 4.18. The lowest BCUT2D eigenvalue weighted by molar-refractivity contribution is -0.145. The highest BCUT2D eigenvalue weighted by atomic mass is 16.7. The van der Waals surface area contributed by atoms with Crippen molar-refractivity contribution in [3.8, 4) is 0 Å². The molecule has 0 N–H and O–H groups in total. The van der Waals surface area contributed by atoms with Crippen molar-refractivity contribution in [2.75, 3.05) is 13.2 Å². The summed E-state index contributed by atoms with van der Waals surface area (Å²) in [4.78, 5) is 17.5. The monoisotopic (exact) mass is 232 g/mol. The number of nitrogens with zero attached hydrogens (tertiary/aromatic N) is 2. The maximum Gasteiger partial charge on any atom is 0.316 e. The van der Waals surface area contributed by atoms with Gasteiger partial charge in [0, 0.05) is 6.54 Å². The van der Waals surface area contributed by atoms with Gasteiger partial charge in [-0.2, -0.15) is 0 Å². The summed E-state index contributed by atoms with van der Waals surface area (Å²) in [6.07, 6.45) is 1.94. The highest BCUT2D eigenvalue weighted by Crippen LogP contribution is 2.20. The second-order valence-corrected chi connectivity index (χ2v) is 3.98. The Morgan fingerprint density at radius 1 is 1.29 bits per heavy atom. The standard InChI is InChI=1S/C12H12N2O3/c15-12(14-7-3-4-8-16-14)11-9-5-1-2-6-10(9)13-17-11/h1-2,5-6H,3-4,7-8H2. The van der Waals surface area contributed by atoms with Crippen LogP contribution in [0.15, 0.2) is 28.8 Å². The summed E-state index contributed by atoms with van der Waals surface area (Å²) in [5, 5.41) is 5.94. The van der Waals surface area contributed by atoms with Gasteiger partial charge in [0.1, 0.15) is 5.52 Å². The molecule has 1 fully saturated rings. The lowest BCUT2D eigenvalue weighted by atomic mass is 10.2. The van der Waals surface area contributed by atoms with Crippen molar-refractivity contribution in [2.24, 2.45) is 0 Å². The molecule has 2 aromatic rings. The molecule has 0 bridgehead atoms. The molecule has 5 heteroatoms. The van der Waals surface area contributed by atoms with E-state index in [0.29, 0.717) is 18.7 Å². The largest absolute Gasteiger partial charge is 0.350 e. The molecule has 1 saturated heterocycles. The molecule has 17 heavy (non-hydrogen) atoms. The molecule has 1 aliphatic rings. The van der Waals surface area contributed by atoms with Gasteiger partial charge in [-0.1, -0.05) is 17.3 Å². The molecule has 0 radical (unpaired) electrons. The number of hydrogen-bond donors (Lipinski definition) is 0. The third-order valence-electron chi connectivity index (χ3n) is 2.81. The Labute approximate surface area is 97.9 Å². The van der Waals surface area contributed by atoms with Crippen molar-refractivity contribution in [1.29, 1.82) is 0 Å². The first-order chi connectivity index (χ1) is 8.36. The van der Waals surface area contributed by atoms with Gasteiger partial charge in [0.25, 0.3) is 0 Å². The van der Waals surface area contributed by atoms with Crippen LogP contribution in [0.2, 0.25) is 0 Å². The van der Waals surface area contributed by atoms with Gasteiger partial charge in [-0.05, 0) is 25.0 Å². The topological polar surface area (TPSA) is 55.6 Å². The first-order valence-electron chi connectivity index (χ1n) is 5.65. The van der Waals surface area contributed by atoms with Crippen LogP contribution in [-0.4, -0.2) is 29.3 Å². The number of carbonyl (C=O) groups excluding carboxylic acids is 1.